The Morgan fingerprint density at radius 2 is 2.08 bits per heavy atom. The highest BCUT2D eigenvalue weighted by atomic mass is 16.1. The zero-order valence-electron chi connectivity index (χ0n) is 15.0. The molecule has 26 heavy (non-hydrogen) atoms. The van der Waals surface area contributed by atoms with Crippen LogP contribution in [0.4, 0.5) is 5.82 Å². The Labute approximate surface area is 152 Å². The average Bonchev–Trinajstić information content (AvgIpc) is 2.99. The van der Waals surface area contributed by atoms with E-state index in [4.69, 9.17) is 0 Å². The van der Waals surface area contributed by atoms with E-state index in [2.05, 4.69) is 31.7 Å². The van der Waals surface area contributed by atoms with Gasteiger partial charge in [-0.3, -0.25) is 14.5 Å². The summed E-state index contributed by atoms with van der Waals surface area (Å²) in [6.07, 6.45) is 6.23. The molecule has 4 rings (SSSR count). The van der Waals surface area contributed by atoms with Crippen molar-refractivity contribution in [1.29, 1.82) is 0 Å². The molecule has 1 saturated heterocycles. The van der Waals surface area contributed by atoms with Crippen LogP contribution in [0.25, 0.3) is 11.0 Å². The van der Waals surface area contributed by atoms with Gasteiger partial charge in [0.05, 0.1) is 17.2 Å². The van der Waals surface area contributed by atoms with Crippen LogP contribution >= 0.6 is 0 Å². The van der Waals surface area contributed by atoms with Crippen molar-refractivity contribution < 1.29 is 0 Å². The van der Waals surface area contributed by atoms with Gasteiger partial charge in [-0.2, -0.15) is 0 Å². The van der Waals surface area contributed by atoms with Crippen molar-refractivity contribution in [2.75, 3.05) is 31.1 Å². The molecule has 0 radical (unpaired) electrons. The summed E-state index contributed by atoms with van der Waals surface area (Å²) >= 11 is 0. The number of aromatic nitrogens is 4. The van der Waals surface area contributed by atoms with E-state index in [0.717, 1.165) is 56.0 Å². The highest BCUT2D eigenvalue weighted by Crippen LogP contribution is 2.16. The number of anilines is 1. The first-order valence-electron chi connectivity index (χ1n) is 9.15. The number of aryl methyl sites for hydroxylation is 1. The number of H-pyrrole nitrogens is 1. The van der Waals surface area contributed by atoms with Gasteiger partial charge in [-0.1, -0.05) is 12.1 Å². The van der Waals surface area contributed by atoms with E-state index in [-0.39, 0.29) is 5.69 Å². The maximum atomic E-state index is 12.2. The first kappa shape index (κ1) is 16.8. The van der Waals surface area contributed by atoms with Crippen LogP contribution in [0.1, 0.15) is 13.3 Å². The van der Waals surface area contributed by atoms with Crippen LogP contribution in [0.3, 0.4) is 0 Å². The third-order valence-corrected chi connectivity index (χ3v) is 5.15. The lowest BCUT2D eigenvalue weighted by Crippen LogP contribution is -2.52. The molecule has 0 saturated carbocycles. The predicted octanol–water partition coefficient (Wildman–Crippen LogP) is 1.72. The van der Waals surface area contributed by atoms with Crippen LogP contribution in [0.15, 0.2) is 47.7 Å². The summed E-state index contributed by atoms with van der Waals surface area (Å²) in [5, 5.41) is 0. The quantitative estimate of drug-likeness (QED) is 0.757. The summed E-state index contributed by atoms with van der Waals surface area (Å²) < 4.78 is 1.84. The molecule has 0 amide bonds. The number of piperazine rings is 1. The fourth-order valence-electron chi connectivity index (χ4n) is 3.75. The molecule has 0 aliphatic carbocycles. The van der Waals surface area contributed by atoms with Crippen LogP contribution < -0.4 is 10.6 Å². The molecule has 1 unspecified atom stereocenters. The summed E-state index contributed by atoms with van der Waals surface area (Å²) in [6, 6.07) is 8.31. The van der Waals surface area contributed by atoms with Gasteiger partial charge < -0.3 is 9.88 Å². The van der Waals surface area contributed by atoms with E-state index in [0.29, 0.717) is 6.04 Å². The second-order valence-corrected chi connectivity index (χ2v) is 6.85. The zero-order chi connectivity index (χ0) is 17.9. The highest BCUT2D eigenvalue weighted by Gasteiger charge is 2.24. The number of hydrogen-bond acceptors (Lipinski definition) is 5. The van der Waals surface area contributed by atoms with E-state index in [1.54, 1.807) is 12.4 Å². The first-order chi connectivity index (χ1) is 12.7. The Kier molecular flexibility index (Phi) is 4.71. The van der Waals surface area contributed by atoms with Crippen molar-refractivity contribution >= 4 is 16.9 Å². The number of rotatable bonds is 5. The monoisotopic (exact) mass is 352 g/mol. The van der Waals surface area contributed by atoms with Crippen molar-refractivity contribution in [3.05, 3.63) is 53.3 Å². The molecule has 1 atom stereocenters. The van der Waals surface area contributed by atoms with Crippen LogP contribution in [0, 0.1) is 0 Å². The third kappa shape index (κ3) is 3.35. The zero-order valence-corrected chi connectivity index (χ0v) is 15.0. The topological polar surface area (TPSA) is 70.1 Å². The SMILES string of the molecule is CC1CN(c2cnccn2)CCN1CCCn1c(=O)[nH]c2ccccc21. The molecule has 1 fully saturated rings. The van der Waals surface area contributed by atoms with Gasteiger partial charge in [0.1, 0.15) is 5.82 Å². The molecule has 136 valence electrons. The van der Waals surface area contributed by atoms with Gasteiger partial charge in [0, 0.05) is 51.2 Å². The molecule has 7 nitrogen and oxygen atoms in total. The lowest BCUT2D eigenvalue weighted by molar-refractivity contribution is 0.184. The smallest absolute Gasteiger partial charge is 0.326 e. The Balaban J connectivity index is 1.34. The molecular weight excluding hydrogens is 328 g/mol. The number of benzene rings is 1. The molecule has 3 heterocycles. The number of aromatic amines is 1. The van der Waals surface area contributed by atoms with Crippen molar-refractivity contribution in [2.24, 2.45) is 0 Å². The summed E-state index contributed by atoms with van der Waals surface area (Å²) in [5.41, 5.74) is 1.87. The largest absolute Gasteiger partial charge is 0.353 e. The van der Waals surface area contributed by atoms with E-state index in [1.165, 1.54) is 0 Å². The number of nitrogens with one attached hydrogen (secondary N) is 1. The van der Waals surface area contributed by atoms with Crippen LogP contribution in [0.2, 0.25) is 0 Å². The Hall–Kier alpha value is -2.67. The lowest BCUT2D eigenvalue weighted by Gasteiger charge is -2.40. The minimum absolute atomic E-state index is 0.0216. The fraction of sp³-hybridized carbons (Fsp3) is 0.421. The summed E-state index contributed by atoms with van der Waals surface area (Å²) in [4.78, 5) is 28.4. The second kappa shape index (κ2) is 7.29. The maximum absolute atomic E-state index is 12.2. The van der Waals surface area contributed by atoms with Gasteiger partial charge in [0.25, 0.3) is 0 Å². The average molecular weight is 352 g/mol. The number of para-hydroxylation sites is 2. The van der Waals surface area contributed by atoms with Crippen LogP contribution in [0.5, 0.6) is 0 Å². The fourth-order valence-corrected chi connectivity index (χ4v) is 3.75. The summed E-state index contributed by atoms with van der Waals surface area (Å²) in [5.74, 6) is 0.948. The predicted molar refractivity (Wildman–Crippen MR) is 102 cm³/mol. The van der Waals surface area contributed by atoms with Gasteiger partial charge in [0.15, 0.2) is 0 Å². The van der Waals surface area contributed by atoms with Gasteiger partial charge >= 0.3 is 5.69 Å². The Morgan fingerprint density at radius 1 is 1.19 bits per heavy atom. The highest BCUT2D eigenvalue weighted by molar-refractivity contribution is 5.74. The van der Waals surface area contributed by atoms with Crippen LogP contribution in [-0.4, -0.2) is 56.6 Å². The molecule has 0 spiro atoms. The molecule has 0 bridgehead atoms. The summed E-state index contributed by atoms with van der Waals surface area (Å²) in [6.45, 7) is 6.88. The molecule has 1 aliphatic rings. The van der Waals surface area contributed by atoms with Gasteiger partial charge in [0.2, 0.25) is 0 Å². The van der Waals surface area contributed by atoms with Gasteiger partial charge in [-0.25, -0.2) is 9.78 Å². The van der Waals surface area contributed by atoms with Gasteiger partial charge in [-0.05, 0) is 25.5 Å². The minimum Gasteiger partial charge on any atom is -0.353 e. The molecule has 2 aromatic heterocycles. The number of imidazole rings is 1. The molecule has 3 aromatic rings. The number of nitrogens with zero attached hydrogens (tertiary/aromatic N) is 5. The minimum atomic E-state index is -0.0216. The van der Waals surface area contributed by atoms with Crippen molar-refractivity contribution in [3.8, 4) is 0 Å². The van der Waals surface area contributed by atoms with E-state index in [1.807, 2.05) is 35.0 Å². The van der Waals surface area contributed by atoms with Gasteiger partial charge in [-0.15, -0.1) is 0 Å². The molecule has 1 aromatic carbocycles. The standard InChI is InChI=1S/C19H24N6O/c1-15-14-24(18-13-20-7-8-21-18)12-11-23(15)9-4-10-25-17-6-3-2-5-16(17)22-19(25)26/h2-3,5-8,13,15H,4,9-12,14H2,1H3,(H,22,26). The normalized spacial score (nSPS) is 18.5. The summed E-state index contributed by atoms with van der Waals surface area (Å²) in [7, 11) is 0. The lowest BCUT2D eigenvalue weighted by atomic mass is 10.2. The molecule has 7 heteroatoms. The maximum Gasteiger partial charge on any atom is 0.326 e. The molecule has 1 aliphatic heterocycles. The number of hydrogen-bond donors (Lipinski definition) is 1. The molecule has 1 N–H and O–H groups in total. The second-order valence-electron chi connectivity index (χ2n) is 6.85. The van der Waals surface area contributed by atoms with Crippen molar-refractivity contribution in [1.82, 2.24) is 24.4 Å². The molecular formula is C19H24N6O. The van der Waals surface area contributed by atoms with Crippen molar-refractivity contribution in [2.45, 2.75) is 25.9 Å². The van der Waals surface area contributed by atoms with Crippen LogP contribution in [-0.2, 0) is 6.54 Å². The Bertz CT molecular complexity index is 918. The van der Waals surface area contributed by atoms with E-state index in [9.17, 15) is 4.79 Å². The number of fused-ring (bicyclic) bond motifs is 1. The van der Waals surface area contributed by atoms with Crippen molar-refractivity contribution in [3.63, 3.8) is 0 Å². The third-order valence-electron chi connectivity index (χ3n) is 5.15. The first-order valence-corrected chi connectivity index (χ1v) is 9.15. The van der Waals surface area contributed by atoms with E-state index >= 15 is 0 Å². The van der Waals surface area contributed by atoms with E-state index < -0.39 is 0 Å². The Morgan fingerprint density at radius 3 is 2.88 bits per heavy atom.